The predicted molar refractivity (Wildman–Crippen MR) is 88.6 cm³/mol. The summed E-state index contributed by atoms with van der Waals surface area (Å²) in [6.45, 7) is 8.84. The molecule has 0 nitrogen and oxygen atoms in total. The minimum atomic E-state index is 0.0206. The molecule has 0 spiro atoms. The molecule has 1 unspecified atom stereocenters. The van der Waals surface area contributed by atoms with Gasteiger partial charge in [0, 0.05) is 0 Å². The van der Waals surface area contributed by atoms with E-state index >= 15 is 0 Å². The zero-order chi connectivity index (χ0) is 14.8. The van der Waals surface area contributed by atoms with Crippen LogP contribution in [0.1, 0.15) is 48.4 Å². The largest absolute Gasteiger partial charge is 0.117 e. The number of alkyl halides is 1. The van der Waals surface area contributed by atoms with E-state index in [1.54, 1.807) is 0 Å². The van der Waals surface area contributed by atoms with Crippen molar-refractivity contribution in [2.75, 3.05) is 0 Å². The van der Waals surface area contributed by atoms with Crippen molar-refractivity contribution in [3.63, 3.8) is 0 Å². The van der Waals surface area contributed by atoms with Gasteiger partial charge in [-0.15, -0.1) is 11.6 Å². The van der Waals surface area contributed by atoms with Crippen LogP contribution in [0.2, 0.25) is 0 Å². The van der Waals surface area contributed by atoms with Crippen LogP contribution in [0, 0.1) is 6.92 Å². The van der Waals surface area contributed by atoms with Crippen LogP contribution in [0.4, 0.5) is 0 Å². The van der Waals surface area contributed by atoms with Crippen LogP contribution in [0.25, 0.3) is 0 Å². The van der Waals surface area contributed by atoms with Crippen molar-refractivity contribution >= 4 is 11.6 Å². The Morgan fingerprint density at radius 1 is 1.00 bits per heavy atom. The molecule has 0 aliphatic carbocycles. The fourth-order valence-corrected chi connectivity index (χ4v) is 2.98. The Kier molecular flexibility index (Phi) is 4.55. The van der Waals surface area contributed by atoms with Crippen LogP contribution in [-0.4, -0.2) is 0 Å². The highest BCUT2D eigenvalue weighted by atomic mass is 35.5. The van der Waals surface area contributed by atoms with Crippen molar-refractivity contribution in [3.05, 3.63) is 70.8 Å². The molecule has 0 radical (unpaired) electrons. The van der Waals surface area contributed by atoms with Gasteiger partial charge in [-0.25, -0.2) is 0 Å². The van der Waals surface area contributed by atoms with Crippen LogP contribution in [0.5, 0.6) is 0 Å². The molecule has 0 aromatic heterocycles. The van der Waals surface area contributed by atoms with E-state index in [0.717, 1.165) is 6.42 Å². The first kappa shape index (κ1) is 15.1. The summed E-state index contributed by atoms with van der Waals surface area (Å²) in [6.07, 6.45) is 0.871. The summed E-state index contributed by atoms with van der Waals surface area (Å²) in [6, 6.07) is 17.1. The third-order valence-corrected chi connectivity index (χ3v) is 3.99. The monoisotopic (exact) mass is 286 g/mol. The number of benzene rings is 2. The second kappa shape index (κ2) is 6.01. The van der Waals surface area contributed by atoms with Crippen molar-refractivity contribution in [2.45, 2.75) is 44.9 Å². The second-order valence-corrected chi connectivity index (χ2v) is 7.02. The molecule has 2 aromatic carbocycles. The lowest BCUT2D eigenvalue weighted by atomic mass is 9.82. The van der Waals surface area contributed by atoms with Gasteiger partial charge in [-0.1, -0.05) is 74.9 Å². The summed E-state index contributed by atoms with van der Waals surface area (Å²) < 4.78 is 0. The van der Waals surface area contributed by atoms with Gasteiger partial charge >= 0.3 is 0 Å². The van der Waals surface area contributed by atoms with Crippen LogP contribution >= 0.6 is 11.6 Å². The molecule has 0 saturated heterocycles. The average Bonchev–Trinajstić information content (AvgIpc) is 2.37. The molecular weight excluding hydrogens is 264 g/mol. The molecule has 0 N–H and O–H groups in total. The topological polar surface area (TPSA) is 0 Å². The molecule has 2 aromatic rings. The Bertz CT molecular complexity index is 578. The van der Waals surface area contributed by atoms with E-state index in [4.69, 9.17) is 11.6 Å². The Morgan fingerprint density at radius 3 is 2.35 bits per heavy atom. The van der Waals surface area contributed by atoms with Gasteiger partial charge < -0.3 is 0 Å². The molecule has 1 heteroatoms. The predicted octanol–water partition coefficient (Wildman–Crippen LogP) is 5.82. The van der Waals surface area contributed by atoms with Gasteiger partial charge in [-0.05, 0) is 35.4 Å². The van der Waals surface area contributed by atoms with Crippen molar-refractivity contribution in [2.24, 2.45) is 0 Å². The number of aryl methyl sites for hydroxylation is 1. The quantitative estimate of drug-likeness (QED) is 0.624. The van der Waals surface area contributed by atoms with E-state index in [-0.39, 0.29) is 10.8 Å². The van der Waals surface area contributed by atoms with Gasteiger partial charge in [0.25, 0.3) is 0 Å². The fraction of sp³-hybridized carbons (Fsp3) is 0.368. The van der Waals surface area contributed by atoms with Crippen LogP contribution in [-0.2, 0) is 11.8 Å². The highest BCUT2D eigenvalue weighted by Crippen LogP contribution is 2.34. The molecule has 0 aliphatic heterocycles. The fourth-order valence-electron chi connectivity index (χ4n) is 2.61. The van der Waals surface area contributed by atoms with Gasteiger partial charge in [0.2, 0.25) is 0 Å². The Balaban J connectivity index is 2.28. The minimum absolute atomic E-state index is 0.0206. The van der Waals surface area contributed by atoms with Gasteiger partial charge in [0.05, 0.1) is 5.38 Å². The lowest BCUT2D eigenvalue weighted by molar-refractivity contribution is 0.580. The Hall–Kier alpha value is -1.27. The maximum Gasteiger partial charge on any atom is 0.0628 e. The normalized spacial score (nSPS) is 13.2. The second-order valence-electron chi connectivity index (χ2n) is 6.50. The van der Waals surface area contributed by atoms with E-state index in [0.29, 0.717) is 0 Å². The molecule has 0 bridgehead atoms. The molecule has 0 aliphatic rings. The molecular formula is C19H23Cl. The summed E-state index contributed by atoms with van der Waals surface area (Å²) in [5.41, 5.74) is 5.30. The summed E-state index contributed by atoms with van der Waals surface area (Å²) in [5, 5.41) is 0.0206. The maximum absolute atomic E-state index is 6.70. The Morgan fingerprint density at radius 2 is 1.70 bits per heavy atom. The minimum Gasteiger partial charge on any atom is -0.117 e. The number of halogens is 1. The maximum atomic E-state index is 6.70. The van der Waals surface area contributed by atoms with Gasteiger partial charge in [0.1, 0.15) is 0 Å². The lowest BCUT2D eigenvalue weighted by Crippen LogP contribution is -2.15. The van der Waals surface area contributed by atoms with Crippen molar-refractivity contribution in [3.8, 4) is 0 Å². The summed E-state index contributed by atoms with van der Waals surface area (Å²) >= 11 is 6.70. The molecule has 106 valence electrons. The summed E-state index contributed by atoms with van der Waals surface area (Å²) in [5.74, 6) is 0. The molecule has 20 heavy (non-hydrogen) atoms. The van der Waals surface area contributed by atoms with Gasteiger partial charge in [-0.2, -0.15) is 0 Å². The highest BCUT2D eigenvalue weighted by Gasteiger charge is 2.21. The molecule has 0 heterocycles. The van der Waals surface area contributed by atoms with E-state index in [1.807, 2.05) is 0 Å². The van der Waals surface area contributed by atoms with Crippen molar-refractivity contribution < 1.29 is 0 Å². The molecule has 1 atom stereocenters. The van der Waals surface area contributed by atoms with Gasteiger partial charge in [0.15, 0.2) is 0 Å². The van der Waals surface area contributed by atoms with Crippen LogP contribution < -0.4 is 0 Å². The Labute approximate surface area is 127 Å². The third kappa shape index (κ3) is 3.64. The van der Waals surface area contributed by atoms with Gasteiger partial charge in [-0.3, -0.25) is 0 Å². The summed E-state index contributed by atoms with van der Waals surface area (Å²) in [4.78, 5) is 0. The number of hydrogen-bond donors (Lipinski definition) is 0. The first-order valence-corrected chi connectivity index (χ1v) is 7.60. The standard InChI is InChI=1S/C19H23Cl/c1-14-8-7-9-15(12-14)13-18(20)16-10-5-6-11-17(16)19(2,3)4/h5-12,18H,13H2,1-4H3. The van der Waals surface area contributed by atoms with E-state index in [2.05, 4.69) is 76.2 Å². The first-order valence-electron chi connectivity index (χ1n) is 7.17. The van der Waals surface area contributed by atoms with E-state index in [1.165, 1.54) is 22.3 Å². The highest BCUT2D eigenvalue weighted by molar-refractivity contribution is 6.21. The molecule has 0 saturated carbocycles. The van der Waals surface area contributed by atoms with Crippen LogP contribution in [0.15, 0.2) is 48.5 Å². The molecule has 2 rings (SSSR count). The van der Waals surface area contributed by atoms with Crippen molar-refractivity contribution in [1.29, 1.82) is 0 Å². The van der Waals surface area contributed by atoms with E-state index in [9.17, 15) is 0 Å². The molecule has 0 amide bonds. The zero-order valence-electron chi connectivity index (χ0n) is 12.8. The SMILES string of the molecule is Cc1cccc(CC(Cl)c2ccccc2C(C)(C)C)c1. The number of hydrogen-bond acceptors (Lipinski definition) is 0. The zero-order valence-corrected chi connectivity index (χ0v) is 13.5. The smallest absolute Gasteiger partial charge is 0.0628 e. The molecule has 0 fully saturated rings. The average molecular weight is 287 g/mol. The first-order chi connectivity index (χ1) is 9.38. The van der Waals surface area contributed by atoms with Crippen LogP contribution in [0.3, 0.4) is 0 Å². The van der Waals surface area contributed by atoms with E-state index < -0.39 is 0 Å². The summed E-state index contributed by atoms with van der Waals surface area (Å²) in [7, 11) is 0. The number of rotatable bonds is 3. The third-order valence-electron chi connectivity index (χ3n) is 3.60. The lowest BCUT2D eigenvalue weighted by Gasteiger charge is -2.25. The van der Waals surface area contributed by atoms with Crippen molar-refractivity contribution in [1.82, 2.24) is 0 Å².